The van der Waals surface area contributed by atoms with Gasteiger partial charge in [-0.1, -0.05) is 0 Å². The minimum absolute atomic E-state index is 0.107. The number of rotatable bonds is 2. The maximum Gasteiger partial charge on any atom is 0.573 e. The highest BCUT2D eigenvalue weighted by atomic mass is 19.4. The Morgan fingerprint density at radius 2 is 1.55 bits per heavy atom. The van der Waals surface area contributed by atoms with E-state index >= 15 is 0 Å². The van der Waals surface area contributed by atoms with Gasteiger partial charge in [0.15, 0.2) is 0 Å². The van der Waals surface area contributed by atoms with Gasteiger partial charge in [0.25, 0.3) is 0 Å². The molecule has 0 aliphatic carbocycles. The molecule has 1 aliphatic rings. The fourth-order valence-corrected chi connectivity index (χ4v) is 2.17. The third-order valence-electron chi connectivity index (χ3n) is 2.95. The highest BCUT2D eigenvalue weighted by Gasteiger charge is 2.37. The number of alkyl halides is 6. The zero-order valence-electron chi connectivity index (χ0n) is 10.2. The molecule has 20 heavy (non-hydrogen) atoms. The molecule has 1 aromatic rings. The molecule has 1 heterocycles. The summed E-state index contributed by atoms with van der Waals surface area (Å²) in [6, 6.07) is 2.31. The largest absolute Gasteiger partial charge is 0.573 e. The average molecular weight is 299 g/mol. The number of halogens is 6. The Morgan fingerprint density at radius 3 is 2.05 bits per heavy atom. The van der Waals surface area contributed by atoms with E-state index in [1.54, 1.807) is 0 Å². The lowest BCUT2D eigenvalue weighted by molar-refractivity contribution is -0.274. The second-order valence-electron chi connectivity index (χ2n) is 4.42. The predicted octanol–water partition coefficient (Wildman–Crippen LogP) is 4.20. The SMILES string of the molecule is FC(F)(F)Oc1ccc(N2CCCC2)c(C(F)(F)F)c1. The maximum absolute atomic E-state index is 13.0. The van der Waals surface area contributed by atoms with Gasteiger partial charge in [0.1, 0.15) is 5.75 Å². The van der Waals surface area contributed by atoms with Gasteiger partial charge in [0, 0.05) is 18.8 Å². The first-order valence-electron chi connectivity index (χ1n) is 5.89. The summed E-state index contributed by atoms with van der Waals surface area (Å²) < 4.78 is 78.6. The first-order valence-corrected chi connectivity index (χ1v) is 5.89. The van der Waals surface area contributed by atoms with Crippen molar-refractivity contribution >= 4 is 5.69 Å². The summed E-state index contributed by atoms with van der Waals surface area (Å²) in [5.74, 6) is -0.868. The number of anilines is 1. The molecule has 0 atom stereocenters. The summed E-state index contributed by atoms with van der Waals surface area (Å²) in [6.07, 6.45) is -8.23. The zero-order valence-corrected chi connectivity index (χ0v) is 10.2. The second-order valence-corrected chi connectivity index (χ2v) is 4.42. The van der Waals surface area contributed by atoms with Gasteiger partial charge in [-0.25, -0.2) is 0 Å². The molecule has 0 N–H and O–H groups in total. The molecule has 1 fully saturated rings. The van der Waals surface area contributed by atoms with Gasteiger partial charge in [-0.2, -0.15) is 13.2 Å². The Hall–Kier alpha value is -1.60. The molecule has 0 radical (unpaired) electrons. The normalized spacial score (nSPS) is 16.6. The number of hydrogen-bond donors (Lipinski definition) is 0. The van der Waals surface area contributed by atoms with Crippen LogP contribution in [0.5, 0.6) is 5.75 Å². The van der Waals surface area contributed by atoms with Crippen LogP contribution in [0, 0.1) is 0 Å². The van der Waals surface area contributed by atoms with Crippen molar-refractivity contribution in [3.8, 4) is 5.75 Å². The molecule has 0 spiro atoms. The summed E-state index contributed by atoms with van der Waals surface area (Å²) >= 11 is 0. The lowest BCUT2D eigenvalue weighted by Crippen LogP contribution is -2.23. The van der Waals surface area contributed by atoms with Crippen molar-refractivity contribution in [1.82, 2.24) is 0 Å². The molecular formula is C12H11F6NO. The van der Waals surface area contributed by atoms with Crippen LogP contribution in [0.15, 0.2) is 18.2 Å². The quantitative estimate of drug-likeness (QED) is 0.759. The molecule has 2 nitrogen and oxygen atoms in total. The average Bonchev–Trinajstić information content (AvgIpc) is 2.78. The van der Waals surface area contributed by atoms with Crippen LogP contribution in [0.4, 0.5) is 32.0 Å². The van der Waals surface area contributed by atoms with Gasteiger partial charge in [-0.15, -0.1) is 13.2 Å². The maximum atomic E-state index is 13.0. The van der Waals surface area contributed by atoms with Crippen LogP contribution in [0.3, 0.4) is 0 Å². The predicted molar refractivity (Wildman–Crippen MR) is 59.6 cm³/mol. The molecule has 0 amide bonds. The fraction of sp³-hybridized carbons (Fsp3) is 0.500. The first kappa shape index (κ1) is 14.8. The molecule has 1 saturated heterocycles. The van der Waals surface area contributed by atoms with E-state index in [1.165, 1.54) is 4.90 Å². The highest BCUT2D eigenvalue weighted by Crippen LogP contribution is 2.40. The lowest BCUT2D eigenvalue weighted by atomic mass is 10.1. The van der Waals surface area contributed by atoms with E-state index < -0.39 is 23.9 Å². The third-order valence-corrected chi connectivity index (χ3v) is 2.95. The van der Waals surface area contributed by atoms with Crippen LogP contribution in [0.25, 0.3) is 0 Å². The summed E-state index contributed by atoms with van der Waals surface area (Å²) in [5, 5.41) is 0. The van der Waals surface area contributed by atoms with Crippen molar-refractivity contribution in [3.05, 3.63) is 23.8 Å². The highest BCUT2D eigenvalue weighted by molar-refractivity contribution is 5.58. The number of ether oxygens (including phenoxy) is 1. The van der Waals surface area contributed by atoms with Gasteiger partial charge in [0.05, 0.1) is 5.56 Å². The van der Waals surface area contributed by atoms with Gasteiger partial charge >= 0.3 is 12.5 Å². The zero-order chi connectivity index (χ0) is 15.0. The van der Waals surface area contributed by atoms with E-state index in [1.807, 2.05) is 0 Å². The Kier molecular flexibility index (Phi) is 3.75. The number of nitrogens with zero attached hydrogens (tertiary/aromatic N) is 1. The smallest absolute Gasteiger partial charge is 0.406 e. The molecule has 1 aromatic carbocycles. The van der Waals surface area contributed by atoms with Crippen molar-refractivity contribution in [1.29, 1.82) is 0 Å². The molecular weight excluding hydrogens is 288 g/mol. The molecule has 112 valence electrons. The van der Waals surface area contributed by atoms with Gasteiger partial charge < -0.3 is 9.64 Å². The second kappa shape index (κ2) is 5.06. The Balaban J connectivity index is 2.38. The monoisotopic (exact) mass is 299 g/mol. The molecule has 8 heteroatoms. The topological polar surface area (TPSA) is 12.5 Å². The Labute approximate surface area is 110 Å². The van der Waals surface area contributed by atoms with Gasteiger partial charge in [0.2, 0.25) is 0 Å². The van der Waals surface area contributed by atoms with Crippen LogP contribution in [0.1, 0.15) is 18.4 Å². The summed E-state index contributed by atoms with van der Waals surface area (Å²) in [4.78, 5) is 1.51. The van der Waals surface area contributed by atoms with Crippen molar-refractivity contribution in [2.24, 2.45) is 0 Å². The Morgan fingerprint density at radius 1 is 0.950 bits per heavy atom. The van der Waals surface area contributed by atoms with E-state index in [9.17, 15) is 26.3 Å². The van der Waals surface area contributed by atoms with Crippen molar-refractivity contribution < 1.29 is 31.1 Å². The number of hydrogen-bond acceptors (Lipinski definition) is 2. The van der Waals surface area contributed by atoms with Crippen LogP contribution in [-0.4, -0.2) is 19.5 Å². The van der Waals surface area contributed by atoms with E-state index in [0.717, 1.165) is 25.0 Å². The summed E-state index contributed by atoms with van der Waals surface area (Å²) in [5.41, 5.74) is -1.22. The minimum atomic E-state index is -5.02. The first-order chi connectivity index (χ1) is 9.17. The molecule has 2 rings (SSSR count). The summed E-state index contributed by atoms with van der Waals surface area (Å²) in [6.45, 7) is 0.922. The van der Waals surface area contributed by atoms with Gasteiger partial charge in [-0.3, -0.25) is 0 Å². The minimum Gasteiger partial charge on any atom is -0.406 e. The van der Waals surface area contributed by atoms with Crippen LogP contribution in [0.2, 0.25) is 0 Å². The van der Waals surface area contributed by atoms with Gasteiger partial charge in [-0.05, 0) is 31.0 Å². The van der Waals surface area contributed by atoms with Crippen LogP contribution >= 0.6 is 0 Å². The third kappa shape index (κ3) is 3.49. The number of benzene rings is 1. The standard InChI is InChI=1S/C12H11F6NO/c13-11(14,15)9-7-8(20-12(16,17)18)3-4-10(9)19-5-1-2-6-19/h3-4,7H,1-2,5-6H2. The van der Waals surface area contributed by atoms with E-state index in [0.29, 0.717) is 19.2 Å². The van der Waals surface area contributed by atoms with E-state index in [-0.39, 0.29) is 5.69 Å². The lowest BCUT2D eigenvalue weighted by Gasteiger charge is -2.23. The van der Waals surface area contributed by atoms with Crippen LogP contribution < -0.4 is 9.64 Å². The molecule has 0 bridgehead atoms. The molecule has 1 aliphatic heterocycles. The molecule has 0 aromatic heterocycles. The molecule has 0 saturated carbocycles. The van der Waals surface area contributed by atoms with E-state index in [2.05, 4.69) is 4.74 Å². The molecule has 0 unspecified atom stereocenters. The van der Waals surface area contributed by atoms with Crippen LogP contribution in [-0.2, 0) is 6.18 Å². The summed E-state index contributed by atoms with van der Waals surface area (Å²) in [7, 11) is 0. The Bertz CT molecular complexity index is 476. The van der Waals surface area contributed by atoms with Crippen molar-refractivity contribution in [2.75, 3.05) is 18.0 Å². The fourth-order valence-electron chi connectivity index (χ4n) is 2.17. The van der Waals surface area contributed by atoms with Crippen molar-refractivity contribution in [3.63, 3.8) is 0 Å². The van der Waals surface area contributed by atoms with E-state index in [4.69, 9.17) is 0 Å². The van der Waals surface area contributed by atoms with Crippen molar-refractivity contribution in [2.45, 2.75) is 25.4 Å².